The Hall–Kier alpha value is -4.05. The molecule has 0 saturated carbocycles. The van der Waals surface area contributed by atoms with E-state index < -0.39 is 0 Å². The van der Waals surface area contributed by atoms with Gasteiger partial charge in [-0.1, -0.05) is 54.7 Å². The molecule has 0 aromatic carbocycles. The van der Waals surface area contributed by atoms with E-state index >= 15 is 0 Å². The molecule has 0 fully saturated rings. The Morgan fingerprint density at radius 1 is 0.758 bits per heavy atom. The monoisotopic (exact) mass is 446 g/mol. The van der Waals surface area contributed by atoms with Crippen LogP contribution in [0.25, 0.3) is 0 Å². The predicted octanol–water partition coefficient (Wildman–Crippen LogP) is 6.24. The number of rotatable bonds is 9. The number of aldehydes is 1. The molecule has 0 aliphatic carbocycles. The van der Waals surface area contributed by atoms with Gasteiger partial charge in [0.25, 0.3) is 0 Å². The third-order valence-electron chi connectivity index (χ3n) is 2.64. The molecule has 0 N–H and O–H groups in total. The number of carbonyl (C=O) groups is 3. The zero-order chi connectivity index (χ0) is 26.4. The Balaban J connectivity index is -0.000000110. The fourth-order valence-corrected chi connectivity index (χ4v) is 1.25. The number of terminal acetylenes is 2. The van der Waals surface area contributed by atoms with E-state index in [0.717, 1.165) is 25.5 Å². The van der Waals surface area contributed by atoms with Gasteiger partial charge in [-0.25, -0.2) is 0 Å². The maximum absolute atomic E-state index is 10.5. The summed E-state index contributed by atoms with van der Waals surface area (Å²) in [7, 11) is 0. The summed E-state index contributed by atoms with van der Waals surface area (Å²) < 4.78 is 0. The molecule has 3 heteroatoms. The van der Waals surface area contributed by atoms with Crippen molar-refractivity contribution in [1.82, 2.24) is 0 Å². The lowest BCUT2D eigenvalue weighted by molar-refractivity contribution is -0.112. The summed E-state index contributed by atoms with van der Waals surface area (Å²) in [5, 5.41) is 0. The van der Waals surface area contributed by atoms with E-state index in [9.17, 15) is 9.59 Å². The Kier molecular flexibility index (Phi) is 60.9. The minimum Gasteiger partial charge on any atom is -0.307 e. The zero-order valence-electron chi connectivity index (χ0n) is 20.8. The standard InChI is InChI=1S/C11H16O.C8H12O.C6H2.C4H6.CH2O/c1-3-4-5-6-7-8-9-10-11(2)12;1-2-3-4-5-6-7-8-9;1-3-5-6-4-2;1-3-4-2;1-2/h3-6,9-10H,7-8H2,1-2H3;2-5,8H,6-7H2,1H3;1-2H;1-2H3;1H2/b4-3+,6-5-,10-9+;3-2+,5-4-;;;. The molecule has 0 spiro atoms. The van der Waals surface area contributed by atoms with Crippen LogP contribution in [0.2, 0.25) is 0 Å². The molecule has 3 nitrogen and oxygen atoms in total. The largest absolute Gasteiger partial charge is 0.307 e. The fourth-order valence-electron chi connectivity index (χ4n) is 1.25. The van der Waals surface area contributed by atoms with Crippen molar-refractivity contribution < 1.29 is 14.4 Å². The molecule has 0 bridgehead atoms. The molecule has 0 heterocycles. The summed E-state index contributed by atoms with van der Waals surface area (Å²) in [6, 6.07) is 0. The van der Waals surface area contributed by atoms with Gasteiger partial charge in [0.05, 0.1) is 0 Å². The minimum atomic E-state index is 0.118. The third kappa shape index (κ3) is 84.2. The first-order chi connectivity index (χ1) is 16.0. The predicted molar refractivity (Wildman–Crippen MR) is 144 cm³/mol. The second-order valence-electron chi connectivity index (χ2n) is 5.28. The summed E-state index contributed by atoms with van der Waals surface area (Å²) in [4.78, 5) is 28.2. The van der Waals surface area contributed by atoms with Crippen LogP contribution in [0.5, 0.6) is 0 Å². The van der Waals surface area contributed by atoms with Crippen LogP contribution in [0.15, 0.2) is 60.8 Å². The molecular formula is C30H38O3. The normalized spacial score (nSPS) is 8.58. The molecule has 33 heavy (non-hydrogen) atoms. The van der Waals surface area contributed by atoms with Crippen LogP contribution in [0, 0.1) is 48.4 Å². The number of carbonyl (C=O) groups excluding carboxylic acids is 3. The first-order valence-electron chi connectivity index (χ1n) is 10.2. The van der Waals surface area contributed by atoms with Gasteiger partial charge in [-0.2, -0.15) is 0 Å². The highest BCUT2D eigenvalue weighted by molar-refractivity contribution is 5.87. The molecule has 0 aromatic heterocycles. The smallest absolute Gasteiger partial charge is 0.152 e. The molecule has 0 aliphatic rings. The highest BCUT2D eigenvalue weighted by atomic mass is 16.1. The summed E-state index contributed by atoms with van der Waals surface area (Å²) in [5.74, 6) is 14.1. The van der Waals surface area contributed by atoms with E-state index in [1.165, 1.54) is 0 Å². The molecule has 0 aromatic rings. The van der Waals surface area contributed by atoms with Crippen molar-refractivity contribution in [2.24, 2.45) is 0 Å². The Morgan fingerprint density at radius 2 is 1.15 bits per heavy atom. The lowest BCUT2D eigenvalue weighted by atomic mass is 10.2. The molecular weight excluding hydrogens is 408 g/mol. The van der Waals surface area contributed by atoms with E-state index in [2.05, 4.69) is 41.6 Å². The molecule has 0 atom stereocenters. The number of allylic oxidation sites excluding steroid dienone is 10. The van der Waals surface area contributed by atoms with E-state index in [0.29, 0.717) is 6.42 Å². The van der Waals surface area contributed by atoms with Crippen LogP contribution >= 0.6 is 0 Å². The number of hydrogen-bond acceptors (Lipinski definition) is 3. The number of hydrogen-bond donors (Lipinski definition) is 0. The van der Waals surface area contributed by atoms with Gasteiger partial charge in [0.2, 0.25) is 0 Å². The van der Waals surface area contributed by atoms with Gasteiger partial charge in [0.1, 0.15) is 13.1 Å². The topological polar surface area (TPSA) is 51.2 Å². The van der Waals surface area contributed by atoms with E-state index in [1.54, 1.807) is 13.0 Å². The van der Waals surface area contributed by atoms with E-state index in [-0.39, 0.29) is 5.78 Å². The molecule has 0 amide bonds. The Bertz CT molecular complexity index is 760. The van der Waals surface area contributed by atoms with Crippen molar-refractivity contribution in [2.75, 3.05) is 0 Å². The first kappa shape index (κ1) is 39.4. The van der Waals surface area contributed by atoms with Crippen molar-refractivity contribution >= 4 is 18.9 Å². The first-order valence-corrected chi connectivity index (χ1v) is 10.2. The highest BCUT2D eigenvalue weighted by Crippen LogP contribution is 1.93. The molecule has 0 aliphatic heterocycles. The molecule has 0 radical (unpaired) electrons. The van der Waals surface area contributed by atoms with Crippen LogP contribution in [-0.4, -0.2) is 18.9 Å². The quantitative estimate of drug-likeness (QED) is 0.138. The summed E-state index contributed by atoms with van der Waals surface area (Å²) in [6.45, 7) is 11.1. The van der Waals surface area contributed by atoms with Crippen molar-refractivity contribution in [3.05, 3.63) is 60.8 Å². The van der Waals surface area contributed by atoms with Crippen molar-refractivity contribution in [3.8, 4) is 48.4 Å². The minimum absolute atomic E-state index is 0.118. The third-order valence-corrected chi connectivity index (χ3v) is 2.64. The van der Waals surface area contributed by atoms with Gasteiger partial charge in [-0.05, 0) is 83.6 Å². The van der Waals surface area contributed by atoms with Crippen LogP contribution in [0.3, 0.4) is 0 Å². The van der Waals surface area contributed by atoms with E-state index in [1.807, 2.05) is 83.1 Å². The van der Waals surface area contributed by atoms with Crippen molar-refractivity contribution in [2.45, 2.75) is 60.3 Å². The second-order valence-corrected chi connectivity index (χ2v) is 5.28. The van der Waals surface area contributed by atoms with Crippen LogP contribution in [0.1, 0.15) is 60.3 Å². The van der Waals surface area contributed by atoms with Gasteiger partial charge >= 0.3 is 0 Å². The maximum Gasteiger partial charge on any atom is 0.152 e. The Labute approximate surface area is 202 Å². The van der Waals surface area contributed by atoms with Crippen molar-refractivity contribution in [1.29, 1.82) is 0 Å². The van der Waals surface area contributed by atoms with Crippen LogP contribution in [-0.2, 0) is 14.4 Å². The van der Waals surface area contributed by atoms with Crippen molar-refractivity contribution in [3.63, 3.8) is 0 Å². The van der Waals surface area contributed by atoms with E-state index in [4.69, 9.17) is 17.6 Å². The SMILES string of the molecule is C#CC#CC#C.C/C=C/C=C\CC/C=C/C(C)=O.C/C=C/C=C\CCC=O.C=O.CC#CC. The summed E-state index contributed by atoms with van der Waals surface area (Å²) >= 11 is 0. The molecule has 0 unspecified atom stereocenters. The molecule has 0 rings (SSSR count). The van der Waals surface area contributed by atoms with Gasteiger partial charge in [0.15, 0.2) is 5.78 Å². The zero-order valence-corrected chi connectivity index (χ0v) is 20.8. The number of unbranched alkanes of at least 4 members (excludes halogenated alkanes) is 2. The van der Waals surface area contributed by atoms with Gasteiger partial charge < -0.3 is 9.59 Å². The average molecular weight is 447 g/mol. The average Bonchev–Trinajstić information content (AvgIpc) is 2.84. The molecule has 176 valence electrons. The lowest BCUT2D eigenvalue weighted by Gasteiger charge is -1.84. The number of ketones is 1. The van der Waals surface area contributed by atoms with Gasteiger partial charge in [-0.15, -0.1) is 24.7 Å². The van der Waals surface area contributed by atoms with Crippen LogP contribution < -0.4 is 0 Å². The summed E-state index contributed by atoms with van der Waals surface area (Å²) in [6.07, 6.45) is 33.2. The lowest BCUT2D eigenvalue weighted by Crippen LogP contribution is -1.78. The highest BCUT2D eigenvalue weighted by Gasteiger charge is 1.80. The van der Waals surface area contributed by atoms with Crippen LogP contribution in [0.4, 0.5) is 0 Å². The second kappa shape index (κ2) is 51.0. The van der Waals surface area contributed by atoms with Gasteiger partial charge in [0, 0.05) is 6.42 Å². The molecule has 0 saturated heterocycles. The summed E-state index contributed by atoms with van der Waals surface area (Å²) in [5.41, 5.74) is 0. The fraction of sp³-hybridized carbons (Fsp3) is 0.300. The Morgan fingerprint density at radius 3 is 1.45 bits per heavy atom. The van der Waals surface area contributed by atoms with Gasteiger partial charge in [-0.3, -0.25) is 4.79 Å². The maximum atomic E-state index is 10.5.